The molecule has 1 rings (SSSR count). The zero-order chi connectivity index (χ0) is 13.4. The SMILES string of the molecule is CCCCCCC(CN)N1CCC(C)(CC)CC1. The van der Waals surface area contributed by atoms with E-state index in [1.165, 1.54) is 64.5 Å². The topological polar surface area (TPSA) is 29.3 Å². The molecule has 0 spiro atoms. The molecule has 0 bridgehead atoms. The Bertz CT molecular complexity index is 207. The van der Waals surface area contributed by atoms with Crippen LogP contribution in [0.5, 0.6) is 0 Å². The molecule has 0 saturated carbocycles. The minimum atomic E-state index is 0.595. The minimum Gasteiger partial charge on any atom is -0.329 e. The van der Waals surface area contributed by atoms with Gasteiger partial charge < -0.3 is 5.73 Å². The van der Waals surface area contributed by atoms with Crippen LogP contribution in [0.3, 0.4) is 0 Å². The molecule has 1 heterocycles. The quantitative estimate of drug-likeness (QED) is 0.668. The van der Waals surface area contributed by atoms with Crippen molar-refractivity contribution >= 4 is 0 Å². The van der Waals surface area contributed by atoms with Gasteiger partial charge in [-0.1, -0.05) is 52.9 Å². The number of piperidine rings is 1. The first-order valence-electron chi connectivity index (χ1n) is 8.09. The Balaban J connectivity index is 2.29. The van der Waals surface area contributed by atoms with E-state index < -0.39 is 0 Å². The average molecular weight is 254 g/mol. The van der Waals surface area contributed by atoms with Gasteiger partial charge >= 0.3 is 0 Å². The van der Waals surface area contributed by atoms with Gasteiger partial charge in [0.2, 0.25) is 0 Å². The summed E-state index contributed by atoms with van der Waals surface area (Å²) in [5, 5.41) is 0. The van der Waals surface area contributed by atoms with Gasteiger partial charge in [-0.15, -0.1) is 0 Å². The second kappa shape index (κ2) is 8.16. The first-order valence-corrected chi connectivity index (χ1v) is 8.09. The zero-order valence-corrected chi connectivity index (χ0v) is 12.9. The van der Waals surface area contributed by atoms with Crippen LogP contribution in [0, 0.1) is 5.41 Å². The van der Waals surface area contributed by atoms with Gasteiger partial charge in [0, 0.05) is 12.6 Å². The van der Waals surface area contributed by atoms with Crippen molar-refractivity contribution in [1.29, 1.82) is 0 Å². The van der Waals surface area contributed by atoms with Gasteiger partial charge in [0.1, 0.15) is 0 Å². The van der Waals surface area contributed by atoms with Gasteiger partial charge in [-0.25, -0.2) is 0 Å². The summed E-state index contributed by atoms with van der Waals surface area (Å²) in [5.41, 5.74) is 6.57. The van der Waals surface area contributed by atoms with E-state index in [0.717, 1.165) is 6.54 Å². The van der Waals surface area contributed by atoms with Gasteiger partial charge in [0.25, 0.3) is 0 Å². The second-order valence-corrected chi connectivity index (χ2v) is 6.44. The predicted molar refractivity (Wildman–Crippen MR) is 80.8 cm³/mol. The molecule has 18 heavy (non-hydrogen) atoms. The summed E-state index contributed by atoms with van der Waals surface area (Å²) in [5.74, 6) is 0. The van der Waals surface area contributed by atoms with Gasteiger partial charge in [0.05, 0.1) is 0 Å². The lowest BCUT2D eigenvalue weighted by Crippen LogP contribution is -2.47. The van der Waals surface area contributed by atoms with Crippen molar-refractivity contribution in [3.8, 4) is 0 Å². The molecule has 0 aromatic carbocycles. The normalized spacial score (nSPS) is 22.0. The third-order valence-electron chi connectivity index (χ3n) is 5.04. The van der Waals surface area contributed by atoms with Crippen LogP contribution in [0.25, 0.3) is 0 Å². The molecule has 0 aromatic heterocycles. The Hall–Kier alpha value is -0.0800. The molecule has 1 aliphatic rings. The van der Waals surface area contributed by atoms with Crippen molar-refractivity contribution < 1.29 is 0 Å². The van der Waals surface area contributed by atoms with E-state index in [4.69, 9.17) is 5.73 Å². The fourth-order valence-electron chi connectivity index (χ4n) is 3.04. The van der Waals surface area contributed by atoms with Crippen LogP contribution in [0.15, 0.2) is 0 Å². The van der Waals surface area contributed by atoms with E-state index >= 15 is 0 Å². The maximum Gasteiger partial charge on any atom is 0.0218 e. The molecule has 1 saturated heterocycles. The maximum atomic E-state index is 5.98. The average Bonchev–Trinajstić information content (AvgIpc) is 2.41. The number of rotatable bonds is 8. The molecule has 1 fully saturated rings. The van der Waals surface area contributed by atoms with Gasteiger partial charge in [-0.3, -0.25) is 4.90 Å². The third-order valence-corrected chi connectivity index (χ3v) is 5.04. The molecule has 2 N–H and O–H groups in total. The Kier molecular flexibility index (Phi) is 7.25. The highest BCUT2D eigenvalue weighted by Gasteiger charge is 2.30. The van der Waals surface area contributed by atoms with Crippen LogP contribution < -0.4 is 5.73 Å². The van der Waals surface area contributed by atoms with Crippen molar-refractivity contribution in [2.24, 2.45) is 11.1 Å². The van der Waals surface area contributed by atoms with Crippen molar-refractivity contribution in [2.45, 2.75) is 78.2 Å². The lowest BCUT2D eigenvalue weighted by Gasteiger charge is -2.42. The van der Waals surface area contributed by atoms with Crippen LogP contribution in [-0.4, -0.2) is 30.6 Å². The van der Waals surface area contributed by atoms with E-state index in [1.54, 1.807) is 0 Å². The van der Waals surface area contributed by atoms with Crippen molar-refractivity contribution in [2.75, 3.05) is 19.6 Å². The van der Waals surface area contributed by atoms with Crippen molar-refractivity contribution in [3.63, 3.8) is 0 Å². The summed E-state index contributed by atoms with van der Waals surface area (Å²) in [6.45, 7) is 10.4. The lowest BCUT2D eigenvalue weighted by atomic mass is 9.78. The maximum absolute atomic E-state index is 5.98. The number of nitrogens with zero attached hydrogens (tertiary/aromatic N) is 1. The Morgan fingerprint density at radius 2 is 1.78 bits per heavy atom. The largest absolute Gasteiger partial charge is 0.329 e. The van der Waals surface area contributed by atoms with Crippen LogP contribution in [0.2, 0.25) is 0 Å². The summed E-state index contributed by atoms with van der Waals surface area (Å²) in [6, 6.07) is 0.642. The van der Waals surface area contributed by atoms with Crippen molar-refractivity contribution in [1.82, 2.24) is 4.90 Å². The summed E-state index contributed by atoms with van der Waals surface area (Å²) in [7, 11) is 0. The molecule has 0 aliphatic carbocycles. The Morgan fingerprint density at radius 1 is 1.11 bits per heavy atom. The van der Waals surface area contributed by atoms with Gasteiger partial charge in [0.15, 0.2) is 0 Å². The van der Waals surface area contributed by atoms with E-state index in [-0.39, 0.29) is 0 Å². The van der Waals surface area contributed by atoms with E-state index in [0.29, 0.717) is 11.5 Å². The summed E-state index contributed by atoms with van der Waals surface area (Å²) >= 11 is 0. The monoisotopic (exact) mass is 254 g/mol. The molecule has 2 heteroatoms. The highest BCUT2D eigenvalue weighted by molar-refractivity contribution is 4.84. The molecular weight excluding hydrogens is 220 g/mol. The van der Waals surface area contributed by atoms with E-state index in [9.17, 15) is 0 Å². The third kappa shape index (κ3) is 4.89. The van der Waals surface area contributed by atoms with Gasteiger partial charge in [-0.2, -0.15) is 0 Å². The lowest BCUT2D eigenvalue weighted by molar-refractivity contribution is 0.0788. The predicted octanol–water partition coefficient (Wildman–Crippen LogP) is 3.80. The fourth-order valence-corrected chi connectivity index (χ4v) is 3.04. The summed E-state index contributed by atoms with van der Waals surface area (Å²) in [4.78, 5) is 2.66. The standard InChI is InChI=1S/C16H34N2/c1-4-6-7-8-9-15(14-17)18-12-10-16(3,5-2)11-13-18/h15H,4-14,17H2,1-3H3. The highest BCUT2D eigenvalue weighted by atomic mass is 15.2. The Morgan fingerprint density at radius 3 is 2.28 bits per heavy atom. The van der Waals surface area contributed by atoms with Crippen LogP contribution in [0.1, 0.15) is 72.1 Å². The molecule has 1 aliphatic heterocycles. The number of nitrogens with two attached hydrogens (primary N) is 1. The first kappa shape index (κ1) is 16.0. The second-order valence-electron chi connectivity index (χ2n) is 6.44. The van der Waals surface area contributed by atoms with E-state index in [2.05, 4.69) is 25.7 Å². The molecule has 2 nitrogen and oxygen atoms in total. The molecular formula is C16H34N2. The molecule has 1 atom stereocenters. The first-order chi connectivity index (χ1) is 8.65. The van der Waals surface area contributed by atoms with Crippen LogP contribution in [-0.2, 0) is 0 Å². The minimum absolute atomic E-state index is 0.595. The van der Waals surface area contributed by atoms with Gasteiger partial charge in [-0.05, 0) is 37.8 Å². The smallest absolute Gasteiger partial charge is 0.0218 e. The number of hydrogen-bond acceptors (Lipinski definition) is 2. The fraction of sp³-hybridized carbons (Fsp3) is 1.00. The highest BCUT2D eigenvalue weighted by Crippen LogP contribution is 2.34. The van der Waals surface area contributed by atoms with Crippen LogP contribution in [0.4, 0.5) is 0 Å². The summed E-state index contributed by atoms with van der Waals surface area (Å²) in [6.07, 6.45) is 10.8. The molecule has 0 amide bonds. The number of unbranched alkanes of at least 4 members (excludes halogenated alkanes) is 3. The molecule has 108 valence electrons. The molecule has 0 aromatic rings. The number of likely N-dealkylation sites (tertiary alicyclic amines) is 1. The Labute approximate surface area is 114 Å². The van der Waals surface area contributed by atoms with Crippen molar-refractivity contribution in [3.05, 3.63) is 0 Å². The molecule has 0 radical (unpaired) electrons. The molecule has 1 unspecified atom stereocenters. The van der Waals surface area contributed by atoms with Crippen LogP contribution >= 0.6 is 0 Å². The van der Waals surface area contributed by atoms with E-state index in [1.807, 2.05) is 0 Å². The summed E-state index contributed by atoms with van der Waals surface area (Å²) < 4.78 is 0. The zero-order valence-electron chi connectivity index (χ0n) is 12.9. The number of hydrogen-bond donors (Lipinski definition) is 1.